The molecule has 1 aliphatic rings. The van der Waals surface area contributed by atoms with E-state index in [1.807, 2.05) is 0 Å². The van der Waals surface area contributed by atoms with Gasteiger partial charge >= 0.3 is 0 Å². The maximum absolute atomic E-state index is 5.59. The summed E-state index contributed by atoms with van der Waals surface area (Å²) in [5, 5.41) is 0. The standard InChI is InChI=1S/C11H22O/c1-3-6-11(7-4-2)8-5-9-12-10-11/h3-10H2,1-2H3. The molecule has 1 heterocycles. The van der Waals surface area contributed by atoms with Gasteiger partial charge in [-0.05, 0) is 31.1 Å². The first-order chi connectivity index (χ1) is 5.83. The van der Waals surface area contributed by atoms with Crippen LogP contribution in [0.3, 0.4) is 0 Å². The molecule has 1 rings (SSSR count). The minimum absolute atomic E-state index is 0.557. The fourth-order valence-corrected chi connectivity index (χ4v) is 2.49. The fourth-order valence-electron chi connectivity index (χ4n) is 2.49. The van der Waals surface area contributed by atoms with Gasteiger partial charge in [0, 0.05) is 6.61 Å². The average Bonchev–Trinajstić information content (AvgIpc) is 2.07. The van der Waals surface area contributed by atoms with Crippen LogP contribution >= 0.6 is 0 Å². The zero-order valence-corrected chi connectivity index (χ0v) is 8.57. The van der Waals surface area contributed by atoms with Crippen LogP contribution in [0.15, 0.2) is 0 Å². The summed E-state index contributed by atoms with van der Waals surface area (Å²) in [6.45, 7) is 6.59. The van der Waals surface area contributed by atoms with Gasteiger partial charge in [-0.3, -0.25) is 0 Å². The first-order valence-electron chi connectivity index (χ1n) is 5.41. The number of rotatable bonds is 4. The molecule has 0 saturated carbocycles. The number of hydrogen-bond donors (Lipinski definition) is 0. The van der Waals surface area contributed by atoms with Gasteiger partial charge in [0.1, 0.15) is 0 Å². The molecule has 12 heavy (non-hydrogen) atoms. The lowest BCUT2D eigenvalue weighted by atomic mass is 9.75. The van der Waals surface area contributed by atoms with Gasteiger partial charge in [-0.15, -0.1) is 0 Å². The van der Waals surface area contributed by atoms with E-state index in [1.54, 1.807) is 0 Å². The van der Waals surface area contributed by atoms with Gasteiger partial charge in [0.05, 0.1) is 6.61 Å². The van der Waals surface area contributed by atoms with Crippen molar-refractivity contribution in [3.8, 4) is 0 Å². The molecule has 0 aromatic rings. The van der Waals surface area contributed by atoms with E-state index in [2.05, 4.69) is 13.8 Å². The molecule has 0 N–H and O–H groups in total. The fraction of sp³-hybridized carbons (Fsp3) is 1.00. The zero-order valence-electron chi connectivity index (χ0n) is 8.57. The van der Waals surface area contributed by atoms with Crippen molar-refractivity contribution in [1.29, 1.82) is 0 Å². The smallest absolute Gasteiger partial charge is 0.0522 e. The molecule has 1 saturated heterocycles. The Hall–Kier alpha value is -0.0400. The normalized spacial score (nSPS) is 22.5. The van der Waals surface area contributed by atoms with E-state index < -0.39 is 0 Å². The van der Waals surface area contributed by atoms with E-state index in [4.69, 9.17) is 4.74 Å². The summed E-state index contributed by atoms with van der Waals surface area (Å²) in [5.41, 5.74) is 0.557. The molecule has 1 nitrogen and oxygen atoms in total. The van der Waals surface area contributed by atoms with E-state index in [1.165, 1.54) is 38.5 Å². The Labute approximate surface area is 76.5 Å². The summed E-state index contributed by atoms with van der Waals surface area (Å²) in [7, 11) is 0. The van der Waals surface area contributed by atoms with Crippen LogP contribution in [0.25, 0.3) is 0 Å². The van der Waals surface area contributed by atoms with Crippen molar-refractivity contribution in [3.63, 3.8) is 0 Å². The van der Waals surface area contributed by atoms with Gasteiger partial charge in [0.15, 0.2) is 0 Å². The van der Waals surface area contributed by atoms with E-state index in [-0.39, 0.29) is 0 Å². The third-order valence-corrected chi connectivity index (χ3v) is 2.96. The van der Waals surface area contributed by atoms with Gasteiger partial charge in [-0.2, -0.15) is 0 Å². The van der Waals surface area contributed by atoms with Crippen LogP contribution in [-0.4, -0.2) is 13.2 Å². The van der Waals surface area contributed by atoms with Crippen LogP contribution < -0.4 is 0 Å². The van der Waals surface area contributed by atoms with Crippen LogP contribution in [0.2, 0.25) is 0 Å². The molecule has 0 unspecified atom stereocenters. The molecule has 1 aliphatic heterocycles. The van der Waals surface area contributed by atoms with Crippen molar-refractivity contribution >= 4 is 0 Å². The quantitative estimate of drug-likeness (QED) is 0.628. The van der Waals surface area contributed by atoms with Crippen LogP contribution in [-0.2, 0) is 4.74 Å². The predicted octanol–water partition coefficient (Wildman–Crippen LogP) is 3.38. The summed E-state index contributed by atoms with van der Waals surface area (Å²) in [5.74, 6) is 0. The van der Waals surface area contributed by atoms with E-state index in [0.29, 0.717) is 5.41 Å². The van der Waals surface area contributed by atoms with Crippen molar-refractivity contribution in [1.82, 2.24) is 0 Å². The number of ether oxygens (including phenoxy) is 1. The number of hydrogen-bond acceptors (Lipinski definition) is 1. The maximum atomic E-state index is 5.59. The molecular formula is C11H22O. The summed E-state index contributed by atoms with van der Waals surface area (Å²) in [6, 6.07) is 0. The van der Waals surface area contributed by atoms with E-state index in [0.717, 1.165) is 13.2 Å². The van der Waals surface area contributed by atoms with Crippen LogP contribution in [0.1, 0.15) is 52.4 Å². The van der Waals surface area contributed by atoms with Crippen molar-refractivity contribution in [2.75, 3.05) is 13.2 Å². The first kappa shape index (κ1) is 10.0. The van der Waals surface area contributed by atoms with Crippen molar-refractivity contribution < 1.29 is 4.74 Å². The SMILES string of the molecule is CCCC1(CCC)CCCOC1. The third kappa shape index (κ3) is 2.48. The molecule has 0 aromatic carbocycles. The summed E-state index contributed by atoms with van der Waals surface area (Å²) < 4.78 is 5.59. The van der Waals surface area contributed by atoms with Gasteiger partial charge in [0.2, 0.25) is 0 Å². The van der Waals surface area contributed by atoms with E-state index >= 15 is 0 Å². The van der Waals surface area contributed by atoms with Crippen LogP contribution in [0, 0.1) is 5.41 Å². The lowest BCUT2D eigenvalue weighted by Gasteiger charge is -2.36. The molecule has 0 radical (unpaired) electrons. The van der Waals surface area contributed by atoms with Gasteiger partial charge in [-0.1, -0.05) is 26.7 Å². The molecule has 0 atom stereocenters. The Morgan fingerprint density at radius 1 is 1.17 bits per heavy atom. The van der Waals surface area contributed by atoms with Crippen molar-refractivity contribution in [3.05, 3.63) is 0 Å². The summed E-state index contributed by atoms with van der Waals surface area (Å²) in [4.78, 5) is 0. The van der Waals surface area contributed by atoms with Crippen molar-refractivity contribution in [2.45, 2.75) is 52.4 Å². The molecule has 1 fully saturated rings. The predicted molar refractivity (Wildman–Crippen MR) is 52.3 cm³/mol. The lowest BCUT2D eigenvalue weighted by molar-refractivity contribution is -0.0182. The molecule has 0 aromatic heterocycles. The Morgan fingerprint density at radius 2 is 1.83 bits per heavy atom. The molecule has 0 amide bonds. The highest BCUT2D eigenvalue weighted by Gasteiger charge is 2.30. The minimum Gasteiger partial charge on any atom is -0.381 e. The molecular weight excluding hydrogens is 148 g/mol. The average molecular weight is 170 g/mol. The minimum atomic E-state index is 0.557. The lowest BCUT2D eigenvalue weighted by Crippen LogP contribution is -2.31. The molecule has 0 spiro atoms. The molecule has 72 valence electrons. The molecule has 0 aliphatic carbocycles. The highest BCUT2D eigenvalue weighted by Crippen LogP contribution is 2.37. The largest absolute Gasteiger partial charge is 0.381 e. The van der Waals surface area contributed by atoms with Gasteiger partial charge in [-0.25, -0.2) is 0 Å². The zero-order chi connectivity index (χ0) is 8.86. The Balaban J connectivity index is 2.44. The summed E-state index contributed by atoms with van der Waals surface area (Å²) in [6.07, 6.45) is 8.02. The summed E-state index contributed by atoms with van der Waals surface area (Å²) >= 11 is 0. The second kappa shape index (κ2) is 4.86. The monoisotopic (exact) mass is 170 g/mol. The van der Waals surface area contributed by atoms with Gasteiger partial charge < -0.3 is 4.74 Å². The van der Waals surface area contributed by atoms with Crippen LogP contribution in [0.4, 0.5) is 0 Å². The molecule has 1 heteroatoms. The van der Waals surface area contributed by atoms with Crippen molar-refractivity contribution in [2.24, 2.45) is 5.41 Å². The Bertz CT molecular complexity index is 98.7. The van der Waals surface area contributed by atoms with Crippen LogP contribution in [0.5, 0.6) is 0 Å². The highest BCUT2D eigenvalue weighted by molar-refractivity contribution is 4.80. The Kier molecular flexibility index (Phi) is 4.07. The van der Waals surface area contributed by atoms with E-state index in [9.17, 15) is 0 Å². The van der Waals surface area contributed by atoms with Gasteiger partial charge in [0.25, 0.3) is 0 Å². The Morgan fingerprint density at radius 3 is 2.25 bits per heavy atom. The third-order valence-electron chi connectivity index (χ3n) is 2.96. The highest BCUT2D eigenvalue weighted by atomic mass is 16.5. The first-order valence-corrected chi connectivity index (χ1v) is 5.41. The molecule has 0 bridgehead atoms. The maximum Gasteiger partial charge on any atom is 0.0522 e. The second-order valence-electron chi connectivity index (χ2n) is 4.16. The topological polar surface area (TPSA) is 9.23 Å². The second-order valence-corrected chi connectivity index (χ2v) is 4.16.